The second kappa shape index (κ2) is 4.89. The Kier molecular flexibility index (Phi) is 3.44. The number of hydrogen-bond acceptors (Lipinski definition) is 5. The molecular weight excluding hydrogens is 260 g/mol. The number of anilines is 2. The number of nitrogens with one attached hydrogen (secondary N) is 1. The molecule has 5 nitrogen and oxygen atoms in total. The van der Waals surface area contributed by atoms with Gasteiger partial charge in [0.2, 0.25) is 0 Å². The van der Waals surface area contributed by atoms with Crippen LogP contribution in [0, 0.1) is 0 Å². The molecule has 1 amide bonds. The van der Waals surface area contributed by atoms with Crippen LogP contribution in [0.15, 0.2) is 29.8 Å². The maximum Gasteiger partial charge on any atom is 0.250 e. The van der Waals surface area contributed by atoms with Crippen molar-refractivity contribution in [2.24, 2.45) is 5.73 Å². The zero-order valence-corrected chi connectivity index (χ0v) is 11.6. The van der Waals surface area contributed by atoms with Crippen molar-refractivity contribution in [1.29, 1.82) is 0 Å². The summed E-state index contributed by atoms with van der Waals surface area (Å²) in [7, 11) is 0. The Labute approximate surface area is 115 Å². The molecule has 19 heavy (non-hydrogen) atoms. The molecule has 0 atom stereocenters. The molecule has 2 aromatic rings. The Morgan fingerprint density at radius 3 is 2.74 bits per heavy atom. The van der Waals surface area contributed by atoms with Gasteiger partial charge in [-0.1, -0.05) is 0 Å². The lowest BCUT2D eigenvalue weighted by molar-refractivity contribution is 0.100. The van der Waals surface area contributed by atoms with E-state index in [-0.39, 0.29) is 5.54 Å². The van der Waals surface area contributed by atoms with Crippen LogP contribution in [0.25, 0.3) is 0 Å². The Balaban J connectivity index is 2.29. The molecule has 0 bridgehead atoms. The molecule has 6 heteroatoms. The molecule has 100 valence electrons. The van der Waals surface area contributed by atoms with Crippen molar-refractivity contribution in [2.75, 3.05) is 11.1 Å². The van der Waals surface area contributed by atoms with Crippen LogP contribution in [0.3, 0.4) is 0 Å². The summed E-state index contributed by atoms with van der Waals surface area (Å²) in [6, 6.07) is 5.14. The minimum Gasteiger partial charge on any atom is -0.398 e. The highest BCUT2D eigenvalue weighted by atomic mass is 32.1. The van der Waals surface area contributed by atoms with Crippen LogP contribution in [0.4, 0.5) is 11.4 Å². The monoisotopic (exact) mass is 276 g/mol. The first kappa shape index (κ1) is 13.4. The van der Waals surface area contributed by atoms with Gasteiger partial charge < -0.3 is 16.8 Å². The van der Waals surface area contributed by atoms with E-state index >= 15 is 0 Å². The summed E-state index contributed by atoms with van der Waals surface area (Å²) in [5.41, 5.74) is 12.1. The van der Waals surface area contributed by atoms with Crippen molar-refractivity contribution in [2.45, 2.75) is 19.4 Å². The standard InChI is InChI=1S/C13H16N4OS/c1-13(2,12-16-5-6-19-12)17-8-3-4-10(14)9(7-8)11(15)18/h3-7,17H,14H2,1-2H3,(H2,15,18). The van der Waals surface area contributed by atoms with E-state index in [0.29, 0.717) is 11.3 Å². The Bertz CT molecular complexity index is 593. The lowest BCUT2D eigenvalue weighted by atomic mass is 10.0. The van der Waals surface area contributed by atoms with Crippen molar-refractivity contribution in [3.63, 3.8) is 0 Å². The topological polar surface area (TPSA) is 94.0 Å². The number of aromatic nitrogens is 1. The van der Waals surface area contributed by atoms with Gasteiger partial charge in [0.15, 0.2) is 0 Å². The van der Waals surface area contributed by atoms with Crippen LogP contribution in [-0.2, 0) is 5.54 Å². The van der Waals surface area contributed by atoms with E-state index in [2.05, 4.69) is 10.3 Å². The third kappa shape index (κ3) is 2.85. The summed E-state index contributed by atoms with van der Waals surface area (Å²) in [5.74, 6) is -0.534. The molecule has 0 saturated heterocycles. The third-order valence-corrected chi connectivity index (χ3v) is 3.84. The first-order valence-corrected chi connectivity index (χ1v) is 6.65. The van der Waals surface area contributed by atoms with E-state index in [1.54, 1.807) is 29.7 Å². The van der Waals surface area contributed by atoms with Gasteiger partial charge in [0.05, 0.1) is 11.1 Å². The lowest BCUT2D eigenvalue weighted by Crippen LogP contribution is -2.28. The Morgan fingerprint density at radius 1 is 1.42 bits per heavy atom. The average Bonchev–Trinajstić information content (AvgIpc) is 2.85. The first-order valence-electron chi connectivity index (χ1n) is 5.77. The number of carbonyl (C=O) groups excluding carboxylic acids is 1. The molecule has 0 fully saturated rings. The van der Waals surface area contributed by atoms with Gasteiger partial charge in [0.1, 0.15) is 5.01 Å². The van der Waals surface area contributed by atoms with Crippen LogP contribution >= 0.6 is 11.3 Å². The van der Waals surface area contributed by atoms with E-state index in [1.807, 2.05) is 25.3 Å². The zero-order valence-electron chi connectivity index (χ0n) is 10.8. The van der Waals surface area contributed by atoms with Gasteiger partial charge >= 0.3 is 0 Å². The highest BCUT2D eigenvalue weighted by molar-refractivity contribution is 7.09. The van der Waals surface area contributed by atoms with Gasteiger partial charge in [-0.3, -0.25) is 4.79 Å². The number of carbonyl (C=O) groups is 1. The summed E-state index contributed by atoms with van der Waals surface area (Å²) < 4.78 is 0. The van der Waals surface area contributed by atoms with Crippen molar-refractivity contribution < 1.29 is 4.79 Å². The van der Waals surface area contributed by atoms with Gasteiger partial charge in [0.25, 0.3) is 5.91 Å². The molecule has 1 heterocycles. The largest absolute Gasteiger partial charge is 0.398 e. The van der Waals surface area contributed by atoms with Crippen LogP contribution in [-0.4, -0.2) is 10.9 Å². The SMILES string of the molecule is CC(C)(Nc1ccc(N)c(C(N)=O)c1)c1nccs1. The van der Waals surface area contributed by atoms with Crippen molar-refractivity contribution in [3.05, 3.63) is 40.3 Å². The fraction of sp³-hybridized carbons (Fsp3) is 0.231. The minimum atomic E-state index is -0.534. The lowest BCUT2D eigenvalue weighted by Gasteiger charge is -2.25. The number of primary amides is 1. The zero-order chi connectivity index (χ0) is 14.0. The third-order valence-electron chi connectivity index (χ3n) is 2.74. The minimum absolute atomic E-state index is 0.319. The Hall–Kier alpha value is -2.08. The summed E-state index contributed by atoms with van der Waals surface area (Å²) in [6.45, 7) is 4.04. The van der Waals surface area contributed by atoms with Crippen LogP contribution in [0.1, 0.15) is 29.2 Å². The summed E-state index contributed by atoms with van der Waals surface area (Å²) in [5, 5.41) is 6.22. The molecule has 0 aliphatic carbocycles. The second-order valence-electron chi connectivity index (χ2n) is 4.75. The van der Waals surface area contributed by atoms with E-state index in [1.165, 1.54) is 0 Å². The molecule has 5 N–H and O–H groups in total. The first-order chi connectivity index (χ1) is 8.90. The fourth-order valence-electron chi connectivity index (χ4n) is 1.79. The van der Waals surface area contributed by atoms with Crippen molar-refractivity contribution >= 4 is 28.6 Å². The number of nitrogens with two attached hydrogens (primary N) is 2. The number of nitrogens with zero attached hydrogens (tertiary/aromatic N) is 1. The fourth-order valence-corrected chi connectivity index (χ4v) is 2.51. The van der Waals surface area contributed by atoms with Gasteiger partial charge in [0, 0.05) is 23.0 Å². The number of hydrogen-bond donors (Lipinski definition) is 3. The quantitative estimate of drug-likeness (QED) is 0.746. The molecule has 0 spiro atoms. The number of nitrogen functional groups attached to an aromatic ring is 1. The van der Waals surface area contributed by atoms with Crippen LogP contribution in [0.2, 0.25) is 0 Å². The maximum absolute atomic E-state index is 11.3. The van der Waals surface area contributed by atoms with Gasteiger partial charge in [-0.25, -0.2) is 4.98 Å². The van der Waals surface area contributed by atoms with Gasteiger partial charge in [-0.15, -0.1) is 11.3 Å². The van der Waals surface area contributed by atoms with E-state index in [9.17, 15) is 4.79 Å². The highest BCUT2D eigenvalue weighted by Gasteiger charge is 2.23. The number of benzene rings is 1. The van der Waals surface area contributed by atoms with Crippen LogP contribution < -0.4 is 16.8 Å². The van der Waals surface area contributed by atoms with Crippen LogP contribution in [0.5, 0.6) is 0 Å². The smallest absolute Gasteiger partial charge is 0.250 e. The molecule has 0 saturated carbocycles. The molecule has 0 aliphatic heterocycles. The second-order valence-corrected chi connectivity index (χ2v) is 5.65. The summed E-state index contributed by atoms with van der Waals surface area (Å²) >= 11 is 1.57. The molecule has 0 unspecified atom stereocenters. The predicted molar refractivity (Wildman–Crippen MR) is 78.1 cm³/mol. The predicted octanol–water partition coefficient (Wildman–Crippen LogP) is 2.17. The molecule has 2 rings (SSSR count). The Morgan fingerprint density at radius 2 is 2.16 bits per heavy atom. The van der Waals surface area contributed by atoms with E-state index < -0.39 is 5.91 Å². The normalized spacial score (nSPS) is 11.3. The molecule has 0 aliphatic rings. The number of thiazole rings is 1. The van der Waals surface area contributed by atoms with Gasteiger partial charge in [-0.05, 0) is 32.0 Å². The summed E-state index contributed by atoms with van der Waals surface area (Å²) in [6.07, 6.45) is 1.77. The van der Waals surface area contributed by atoms with E-state index in [4.69, 9.17) is 11.5 Å². The number of rotatable bonds is 4. The van der Waals surface area contributed by atoms with Gasteiger partial charge in [-0.2, -0.15) is 0 Å². The maximum atomic E-state index is 11.3. The molecular formula is C13H16N4OS. The van der Waals surface area contributed by atoms with Crippen molar-refractivity contribution in [1.82, 2.24) is 4.98 Å². The van der Waals surface area contributed by atoms with E-state index in [0.717, 1.165) is 10.7 Å². The average molecular weight is 276 g/mol. The van der Waals surface area contributed by atoms with Crippen molar-refractivity contribution in [3.8, 4) is 0 Å². The highest BCUT2D eigenvalue weighted by Crippen LogP contribution is 2.28. The summed E-state index contributed by atoms with van der Waals surface area (Å²) in [4.78, 5) is 15.6. The molecule has 0 radical (unpaired) electrons. The molecule has 1 aromatic heterocycles. The number of amides is 1. The molecule has 1 aromatic carbocycles.